The second-order valence-electron chi connectivity index (χ2n) is 5.82. The van der Waals surface area contributed by atoms with E-state index in [1.54, 1.807) is 6.92 Å². The number of rotatable bonds is 7. The van der Waals surface area contributed by atoms with Gasteiger partial charge in [0.1, 0.15) is 11.5 Å². The second-order valence-corrected chi connectivity index (χ2v) is 5.82. The van der Waals surface area contributed by atoms with Crippen LogP contribution in [0.15, 0.2) is 42.5 Å². The standard InChI is InChI=1S/C20H25NO3/c1-5-23-18-10-8-17(9-11-18)13-21-20(22)16(4)24-19-12-14(2)6-7-15(19)3/h6-12,16H,5,13H2,1-4H3,(H,21,22)/t16-/m0/s1. The summed E-state index contributed by atoms with van der Waals surface area (Å²) in [7, 11) is 0. The predicted molar refractivity (Wildman–Crippen MR) is 95.5 cm³/mol. The minimum atomic E-state index is -0.548. The first-order valence-electron chi connectivity index (χ1n) is 8.23. The average molecular weight is 327 g/mol. The molecule has 2 rings (SSSR count). The molecular formula is C20H25NO3. The molecule has 0 fully saturated rings. The normalized spacial score (nSPS) is 11.7. The maximum Gasteiger partial charge on any atom is 0.261 e. The Morgan fingerprint density at radius 2 is 1.83 bits per heavy atom. The SMILES string of the molecule is CCOc1ccc(CNC(=O)[C@H](C)Oc2cc(C)ccc2C)cc1. The first-order chi connectivity index (χ1) is 11.5. The number of hydrogen-bond acceptors (Lipinski definition) is 3. The molecule has 1 atom stereocenters. The number of carbonyl (C=O) groups is 1. The number of benzene rings is 2. The molecule has 128 valence electrons. The van der Waals surface area contributed by atoms with Crippen LogP contribution in [-0.4, -0.2) is 18.6 Å². The topological polar surface area (TPSA) is 47.6 Å². The fourth-order valence-corrected chi connectivity index (χ4v) is 2.28. The lowest BCUT2D eigenvalue weighted by atomic mass is 10.1. The van der Waals surface area contributed by atoms with Gasteiger partial charge in [0.25, 0.3) is 5.91 Å². The molecule has 2 aromatic carbocycles. The zero-order valence-corrected chi connectivity index (χ0v) is 14.8. The molecule has 0 radical (unpaired) electrons. The molecule has 0 spiro atoms. The maximum atomic E-state index is 12.2. The Morgan fingerprint density at radius 3 is 2.50 bits per heavy atom. The summed E-state index contributed by atoms with van der Waals surface area (Å²) in [4.78, 5) is 12.2. The van der Waals surface area contributed by atoms with E-state index in [1.165, 1.54) is 0 Å². The van der Waals surface area contributed by atoms with E-state index in [0.717, 1.165) is 28.2 Å². The van der Waals surface area contributed by atoms with E-state index in [9.17, 15) is 4.79 Å². The van der Waals surface area contributed by atoms with Gasteiger partial charge in [-0.3, -0.25) is 4.79 Å². The molecule has 0 aromatic heterocycles. The molecule has 1 amide bonds. The summed E-state index contributed by atoms with van der Waals surface area (Å²) in [5.41, 5.74) is 3.15. The molecular weight excluding hydrogens is 302 g/mol. The van der Waals surface area contributed by atoms with Crippen molar-refractivity contribution >= 4 is 5.91 Å². The highest BCUT2D eigenvalue weighted by atomic mass is 16.5. The van der Waals surface area contributed by atoms with Gasteiger partial charge in [0.2, 0.25) is 0 Å². The summed E-state index contributed by atoms with van der Waals surface area (Å²) in [5, 5.41) is 2.90. The number of ether oxygens (including phenoxy) is 2. The molecule has 0 unspecified atom stereocenters. The quantitative estimate of drug-likeness (QED) is 0.842. The Labute approximate surface area is 143 Å². The summed E-state index contributed by atoms with van der Waals surface area (Å²) >= 11 is 0. The van der Waals surface area contributed by atoms with Crippen molar-refractivity contribution in [2.45, 2.75) is 40.3 Å². The minimum Gasteiger partial charge on any atom is -0.494 e. The number of amides is 1. The van der Waals surface area contributed by atoms with Crippen LogP contribution < -0.4 is 14.8 Å². The lowest BCUT2D eigenvalue weighted by Gasteiger charge is -2.17. The Kier molecular flexibility index (Phi) is 6.24. The van der Waals surface area contributed by atoms with Gasteiger partial charge in [0, 0.05) is 6.54 Å². The molecule has 2 aromatic rings. The van der Waals surface area contributed by atoms with Gasteiger partial charge in [-0.2, -0.15) is 0 Å². The van der Waals surface area contributed by atoms with Gasteiger partial charge < -0.3 is 14.8 Å². The summed E-state index contributed by atoms with van der Waals surface area (Å²) < 4.78 is 11.2. The lowest BCUT2D eigenvalue weighted by Crippen LogP contribution is -2.36. The zero-order valence-electron chi connectivity index (χ0n) is 14.8. The van der Waals surface area contributed by atoms with Gasteiger partial charge in [-0.25, -0.2) is 0 Å². The van der Waals surface area contributed by atoms with E-state index < -0.39 is 6.10 Å². The van der Waals surface area contributed by atoms with Crippen molar-refractivity contribution in [1.82, 2.24) is 5.32 Å². The molecule has 0 saturated carbocycles. The van der Waals surface area contributed by atoms with Gasteiger partial charge >= 0.3 is 0 Å². The first kappa shape index (κ1) is 17.9. The summed E-state index contributed by atoms with van der Waals surface area (Å²) in [6.45, 7) is 8.79. The first-order valence-corrected chi connectivity index (χ1v) is 8.23. The van der Waals surface area contributed by atoms with Crippen LogP contribution in [0.25, 0.3) is 0 Å². The van der Waals surface area contributed by atoms with E-state index in [1.807, 2.05) is 63.2 Å². The third-order valence-electron chi connectivity index (χ3n) is 3.72. The summed E-state index contributed by atoms with van der Waals surface area (Å²) in [6.07, 6.45) is -0.548. The van der Waals surface area contributed by atoms with Crippen molar-refractivity contribution in [2.24, 2.45) is 0 Å². The third-order valence-corrected chi connectivity index (χ3v) is 3.72. The molecule has 0 bridgehead atoms. The molecule has 0 heterocycles. The number of hydrogen-bond donors (Lipinski definition) is 1. The molecule has 0 aliphatic rings. The molecule has 0 saturated heterocycles. The predicted octanol–water partition coefficient (Wildman–Crippen LogP) is 3.79. The van der Waals surface area contributed by atoms with Gasteiger partial charge in [0.05, 0.1) is 6.61 Å². The Bertz CT molecular complexity index is 680. The van der Waals surface area contributed by atoms with Crippen LogP contribution >= 0.6 is 0 Å². The molecule has 0 aliphatic carbocycles. The van der Waals surface area contributed by atoms with Crippen molar-refractivity contribution in [3.63, 3.8) is 0 Å². The minimum absolute atomic E-state index is 0.134. The molecule has 1 N–H and O–H groups in total. The fraction of sp³-hybridized carbons (Fsp3) is 0.350. The monoisotopic (exact) mass is 327 g/mol. The summed E-state index contributed by atoms with van der Waals surface area (Å²) in [5.74, 6) is 1.45. The lowest BCUT2D eigenvalue weighted by molar-refractivity contribution is -0.127. The third kappa shape index (κ3) is 5.01. The van der Waals surface area contributed by atoms with Gasteiger partial charge in [0.15, 0.2) is 6.10 Å². The van der Waals surface area contributed by atoms with Crippen LogP contribution in [0, 0.1) is 13.8 Å². The average Bonchev–Trinajstić information content (AvgIpc) is 2.57. The van der Waals surface area contributed by atoms with E-state index >= 15 is 0 Å². The van der Waals surface area contributed by atoms with Crippen molar-refractivity contribution in [3.05, 3.63) is 59.2 Å². The van der Waals surface area contributed by atoms with Gasteiger partial charge in [-0.15, -0.1) is 0 Å². The number of aryl methyl sites for hydroxylation is 2. The van der Waals surface area contributed by atoms with Crippen LogP contribution in [0.5, 0.6) is 11.5 Å². The highest BCUT2D eigenvalue weighted by molar-refractivity contribution is 5.80. The summed E-state index contributed by atoms with van der Waals surface area (Å²) in [6, 6.07) is 13.7. The van der Waals surface area contributed by atoms with Crippen molar-refractivity contribution in [3.8, 4) is 11.5 Å². The van der Waals surface area contributed by atoms with Crippen LogP contribution in [0.4, 0.5) is 0 Å². The van der Waals surface area contributed by atoms with Crippen LogP contribution in [-0.2, 0) is 11.3 Å². The maximum absolute atomic E-state index is 12.2. The van der Waals surface area contributed by atoms with E-state index in [2.05, 4.69) is 5.32 Å². The molecule has 4 heteroatoms. The highest BCUT2D eigenvalue weighted by Gasteiger charge is 2.15. The van der Waals surface area contributed by atoms with E-state index in [4.69, 9.17) is 9.47 Å². The molecule has 0 aliphatic heterocycles. The smallest absolute Gasteiger partial charge is 0.261 e. The van der Waals surface area contributed by atoms with Gasteiger partial charge in [-0.1, -0.05) is 24.3 Å². The van der Waals surface area contributed by atoms with Crippen LogP contribution in [0.2, 0.25) is 0 Å². The Hall–Kier alpha value is -2.49. The van der Waals surface area contributed by atoms with E-state index in [-0.39, 0.29) is 5.91 Å². The second kappa shape index (κ2) is 8.39. The van der Waals surface area contributed by atoms with Crippen molar-refractivity contribution in [1.29, 1.82) is 0 Å². The largest absolute Gasteiger partial charge is 0.494 e. The fourth-order valence-electron chi connectivity index (χ4n) is 2.28. The Balaban J connectivity index is 1.88. The number of nitrogens with one attached hydrogen (secondary N) is 1. The Morgan fingerprint density at radius 1 is 1.12 bits per heavy atom. The van der Waals surface area contributed by atoms with Crippen LogP contribution in [0.3, 0.4) is 0 Å². The van der Waals surface area contributed by atoms with Gasteiger partial charge in [-0.05, 0) is 62.6 Å². The van der Waals surface area contributed by atoms with Crippen LogP contribution in [0.1, 0.15) is 30.5 Å². The van der Waals surface area contributed by atoms with E-state index in [0.29, 0.717) is 13.2 Å². The van der Waals surface area contributed by atoms with Crippen molar-refractivity contribution in [2.75, 3.05) is 6.61 Å². The zero-order chi connectivity index (χ0) is 17.5. The van der Waals surface area contributed by atoms with Crippen molar-refractivity contribution < 1.29 is 14.3 Å². The highest BCUT2D eigenvalue weighted by Crippen LogP contribution is 2.20. The molecule has 24 heavy (non-hydrogen) atoms. The molecule has 4 nitrogen and oxygen atoms in total. The number of carbonyl (C=O) groups excluding carboxylic acids is 1.